The fraction of sp³-hybridized carbons (Fsp3) is 0.625. The molecule has 5 fully saturated rings. The van der Waals surface area contributed by atoms with Gasteiger partial charge in [-0.05, 0) is 37.8 Å². The number of urea groups is 1. The van der Waals surface area contributed by atoms with Crippen LogP contribution in [-0.2, 0) is 15.6 Å². The molecule has 2 spiro atoms. The number of sulfonamides is 1. The minimum Gasteiger partial charge on any atom is -0.404 e. The van der Waals surface area contributed by atoms with Crippen LogP contribution in [0.4, 0.5) is 18.0 Å². The van der Waals surface area contributed by atoms with E-state index >= 15 is 0 Å². The molecule has 3 saturated heterocycles. The third-order valence-electron chi connectivity index (χ3n) is 8.78. The zero-order chi connectivity index (χ0) is 27.4. The number of benzene rings is 1. The monoisotopic (exact) mass is 568 g/mol. The van der Waals surface area contributed by atoms with E-state index in [9.17, 15) is 31.5 Å². The van der Waals surface area contributed by atoms with Gasteiger partial charge in [-0.3, -0.25) is 0 Å². The van der Waals surface area contributed by atoms with Gasteiger partial charge in [0.15, 0.2) is 5.82 Å². The van der Waals surface area contributed by atoms with Gasteiger partial charge in [-0.25, -0.2) is 13.2 Å². The van der Waals surface area contributed by atoms with Crippen LogP contribution in [-0.4, -0.2) is 94.5 Å². The summed E-state index contributed by atoms with van der Waals surface area (Å²) < 4.78 is 69.2. The molecule has 2 saturated carbocycles. The molecule has 1 aromatic heterocycles. The van der Waals surface area contributed by atoms with E-state index in [1.165, 1.54) is 12.1 Å². The van der Waals surface area contributed by atoms with Crippen LogP contribution < -0.4 is 4.74 Å². The Balaban J connectivity index is 0.894. The van der Waals surface area contributed by atoms with Gasteiger partial charge < -0.3 is 24.6 Å². The number of ether oxygens (including phenoxy) is 1. The normalized spacial score (nSPS) is 25.0. The molecule has 7 rings (SSSR count). The highest BCUT2D eigenvalue weighted by Gasteiger charge is 2.60. The molecule has 39 heavy (non-hydrogen) atoms. The molecular formula is C24H27F3N6O5S. The largest absolute Gasteiger partial charge is 0.573 e. The molecular weight excluding hydrogens is 541 g/mol. The standard InChI is InChI=1S/C24H27F3N6O5S/c25-24(26,27)38-16-3-1-2-4-17(16)39(36,37)33-13-22(14-33)11-32(12-22)20(34)31-9-21(10-31)7-15(8-21)18-28-19(30-29-18)23(35)5-6-23/h1-4,15,35H,5-14H2,(H,28,29,30). The van der Waals surface area contributed by atoms with Gasteiger partial charge in [0.1, 0.15) is 22.1 Å². The highest BCUT2D eigenvalue weighted by Crippen LogP contribution is 2.56. The third kappa shape index (κ3) is 4.08. The average molecular weight is 569 g/mol. The van der Waals surface area contributed by atoms with E-state index in [1.54, 1.807) is 9.80 Å². The van der Waals surface area contributed by atoms with Crippen LogP contribution in [0.25, 0.3) is 0 Å². The van der Waals surface area contributed by atoms with Crippen molar-refractivity contribution in [2.24, 2.45) is 10.8 Å². The van der Waals surface area contributed by atoms with E-state index in [-0.39, 0.29) is 35.9 Å². The quantitative estimate of drug-likeness (QED) is 0.564. The third-order valence-corrected chi connectivity index (χ3v) is 10.6. The van der Waals surface area contributed by atoms with Crippen molar-refractivity contribution < 1.29 is 36.2 Å². The van der Waals surface area contributed by atoms with Gasteiger partial charge in [-0.15, -0.1) is 23.4 Å². The van der Waals surface area contributed by atoms with Gasteiger partial charge in [-0.2, -0.15) is 4.31 Å². The molecule has 0 unspecified atom stereocenters. The first-order valence-electron chi connectivity index (χ1n) is 12.8. The molecule has 1 aromatic carbocycles. The Bertz CT molecular complexity index is 1430. The number of amides is 2. The lowest BCUT2D eigenvalue weighted by Gasteiger charge is -2.63. The Labute approximate surface area is 222 Å². The van der Waals surface area contributed by atoms with E-state index in [2.05, 4.69) is 19.9 Å². The molecule has 2 N–H and O–H groups in total. The number of nitrogens with one attached hydrogen (secondary N) is 1. The Kier molecular flexibility index (Phi) is 5.05. The van der Waals surface area contributed by atoms with E-state index in [0.29, 0.717) is 44.8 Å². The van der Waals surface area contributed by atoms with Crippen LogP contribution in [0.15, 0.2) is 29.2 Å². The van der Waals surface area contributed by atoms with Crippen LogP contribution >= 0.6 is 0 Å². The molecule has 0 radical (unpaired) electrons. The summed E-state index contributed by atoms with van der Waals surface area (Å²) >= 11 is 0. The van der Waals surface area contributed by atoms with Crippen molar-refractivity contribution in [2.75, 3.05) is 39.3 Å². The first-order valence-corrected chi connectivity index (χ1v) is 14.3. The number of aromatic amines is 1. The number of hydrogen-bond acceptors (Lipinski definition) is 7. The first-order chi connectivity index (χ1) is 18.3. The number of carbonyl (C=O) groups is 1. The molecule has 2 amide bonds. The number of likely N-dealkylation sites (tertiary alicyclic amines) is 2. The number of aliphatic hydroxyl groups is 1. The topological polar surface area (TPSA) is 132 Å². The molecule has 0 bridgehead atoms. The van der Waals surface area contributed by atoms with Gasteiger partial charge in [0, 0.05) is 56.0 Å². The minimum atomic E-state index is -5.01. The van der Waals surface area contributed by atoms with Crippen molar-refractivity contribution in [3.8, 4) is 5.75 Å². The lowest BCUT2D eigenvalue weighted by atomic mass is 9.57. The van der Waals surface area contributed by atoms with E-state index in [4.69, 9.17) is 0 Å². The second-order valence-corrected chi connectivity index (χ2v) is 13.9. The predicted octanol–water partition coefficient (Wildman–Crippen LogP) is 1.99. The van der Waals surface area contributed by atoms with Crippen molar-refractivity contribution in [1.29, 1.82) is 0 Å². The highest BCUT2D eigenvalue weighted by atomic mass is 32.2. The maximum absolute atomic E-state index is 13.0. The van der Waals surface area contributed by atoms with Gasteiger partial charge in [-0.1, -0.05) is 12.1 Å². The minimum absolute atomic E-state index is 0.0714. The molecule has 15 heteroatoms. The second-order valence-electron chi connectivity index (χ2n) is 12.0. The number of hydrogen-bond donors (Lipinski definition) is 2. The Morgan fingerprint density at radius 3 is 2.23 bits per heavy atom. The Morgan fingerprint density at radius 1 is 1.00 bits per heavy atom. The average Bonchev–Trinajstić information content (AvgIpc) is 3.30. The number of alkyl halides is 3. The lowest BCUT2D eigenvalue weighted by Crippen LogP contribution is -2.76. The number of para-hydroxylation sites is 1. The molecule has 2 aliphatic carbocycles. The van der Waals surface area contributed by atoms with Crippen LogP contribution in [0.5, 0.6) is 5.75 Å². The van der Waals surface area contributed by atoms with Gasteiger partial charge in [0.05, 0.1) is 0 Å². The number of halogens is 3. The van der Waals surface area contributed by atoms with Gasteiger partial charge in [0.2, 0.25) is 10.0 Å². The molecule has 4 heterocycles. The second kappa shape index (κ2) is 7.85. The van der Waals surface area contributed by atoms with Gasteiger partial charge in [0.25, 0.3) is 0 Å². The van der Waals surface area contributed by atoms with Crippen molar-refractivity contribution >= 4 is 16.1 Å². The lowest BCUT2D eigenvalue weighted by molar-refractivity contribution is -0.275. The number of nitrogens with zero attached hydrogens (tertiary/aromatic N) is 5. The van der Waals surface area contributed by atoms with E-state index in [0.717, 1.165) is 35.1 Å². The van der Waals surface area contributed by atoms with Crippen LogP contribution in [0, 0.1) is 10.8 Å². The molecule has 0 atom stereocenters. The number of H-pyrrole nitrogens is 1. The van der Waals surface area contributed by atoms with Crippen LogP contribution in [0.1, 0.15) is 43.3 Å². The maximum atomic E-state index is 13.0. The molecule has 210 valence electrons. The summed E-state index contributed by atoms with van der Waals surface area (Å²) in [6.07, 6.45) is -1.81. The molecule has 2 aromatic rings. The summed E-state index contributed by atoms with van der Waals surface area (Å²) in [5.41, 5.74) is -1.13. The summed E-state index contributed by atoms with van der Waals surface area (Å²) in [6, 6.07) is 4.63. The summed E-state index contributed by atoms with van der Waals surface area (Å²) in [6.45, 7) is 2.42. The summed E-state index contributed by atoms with van der Waals surface area (Å²) in [5.74, 6) is 0.817. The van der Waals surface area contributed by atoms with Crippen molar-refractivity contribution in [3.63, 3.8) is 0 Å². The summed E-state index contributed by atoms with van der Waals surface area (Å²) in [4.78, 5) is 19.1. The Hall–Kier alpha value is -2.91. The Morgan fingerprint density at radius 2 is 1.62 bits per heavy atom. The van der Waals surface area contributed by atoms with E-state index < -0.39 is 32.6 Å². The van der Waals surface area contributed by atoms with Crippen LogP contribution in [0.3, 0.4) is 0 Å². The van der Waals surface area contributed by atoms with Crippen molar-refractivity contribution in [1.82, 2.24) is 29.3 Å². The van der Waals surface area contributed by atoms with Crippen LogP contribution in [0.2, 0.25) is 0 Å². The highest BCUT2D eigenvalue weighted by molar-refractivity contribution is 7.89. The van der Waals surface area contributed by atoms with Gasteiger partial charge >= 0.3 is 12.4 Å². The molecule has 5 aliphatic rings. The number of rotatable bonds is 5. The summed E-state index contributed by atoms with van der Waals surface area (Å²) in [7, 11) is -4.17. The maximum Gasteiger partial charge on any atom is 0.573 e. The fourth-order valence-electron chi connectivity index (χ4n) is 6.54. The fourth-order valence-corrected chi connectivity index (χ4v) is 8.32. The molecule has 11 nitrogen and oxygen atoms in total. The van der Waals surface area contributed by atoms with E-state index in [1.807, 2.05) is 0 Å². The van der Waals surface area contributed by atoms with Crippen molar-refractivity contribution in [3.05, 3.63) is 35.9 Å². The number of carbonyl (C=O) groups excluding carboxylic acids is 1. The predicted molar refractivity (Wildman–Crippen MR) is 127 cm³/mol. The molecule has 3 aliphatic heterocycles. The zero-order valence-corrected chi connectivity index (χ0v) is 21.6. The zero-order valence-electron chi connectivity index (χ0n) is 20.8. The smallest absolute Gasteiger partial charge is 0.404 e. The summed E-state index contributed by atoms with van der Waals surface area (Å²) in [5, 5.41) is 18.5. The number of aromatic nitrogens is 3. The first kappa shape index (κ1) is 25.1. The SMILES string of the molecule is O=C(N1CC2(CC(c3nnc(C4(O)CC4)[nH]3)C2)C1)N1CC2(C1)CN(S(=O)(=O)c1ccccc1OC(F)(F)F)C2. The van der Waals surface area contributed by atoms with Crippen molar-refractivity contribution in [2.45, 2.75) is 48.5 Å².